The van der Waals surface area contributed by atoms with E-state index in [0.717, 1.165) is 16.4 Å². The molecular formula is C9H6O2S. The molecule has 0 aliphatic heterocycles. The second kappa shape index (κ2) is 2.60. The van der Waals surface area contributed by atoms with Gasteiger partial charge in [-0.25, -0.2) is 0 Å². The van der Waals surface area contributed by atoms with Gasteiger partial charge >= 0.3 is 0 Å². The van der Waals surface area contributed by atoms with Gasteiger partial charge in [-0.05, 0) is 11.5 Å². The largest absolute Gasteiger partial charge is 0.499 e. The molecule has 0 atom stereocenters. The summed E-state index contributed by atoms with van der Waals surface area (Å²) in [6, 6.07) is 7.08. The monoisotopic (exact) mass is 178 g/mol. The number of rotatable bonds is 1. The number of hydrogen-bond donors (Lipinski definition) is 1. The van der Waals surface area contributed by atoms with Crippen molar-refractivity contribution < 1.29 is 9.90 Å². The van der Waals surface area contributed by atoms with E-state index in [2.05, 4.69) is 0 Å². The minimum Gasteiger partial charge on any atom is -0.499 e. The highest BCUT2D eigenvalue weighted by molar-refractivity contribution is 7.21. The van der Waals surface area contributed by atoms with Gasteiger partial charge in [0.25, 0.3) is 0 Å². The molecule has 0 radical (unpaired) electrons. The predicted molar refractivity (Wildman–Crippen MR) is 48.9 cm³/mol. The van der Waals surface area contributed by atoms with Crippen LogP contribution in [0.1, 0.15) is 10.4 Å². The first-order chi connectivity index (χ1) is 5.81. The van der Waals surface area contributed by atoms with Gasteiger partial charge < -0.3 is 5.11 Å². The number of fused-ring (bicyclic) bond motifs is 1. The molecule has 2 aromatic rings. The van der Waals surface area contributed by atoms with Gasteiger partial charge in [0.2, 0.25) is 0 Å². The molecule has 0 saturated carbocycles. The van der Waals surface area contributed by atoms with Crippen LogP contribution in [0.3, 0.4) is 0 Å². The Kier molecular flexibility index (Phi) is 1.59. The Morgan fingerprint density at radius 1 is 1.42 bits per heavy atom. The third-order valence-corrected chi connectivity index (χ3v) is 2.69. The van der Waals surface area contributed by atoms with Crippen molar-refractivity contribution in [3.63, 3.8) is 0 Å². The van der Waals surface area contributed by atoms with Crippen molar-refractivity contribution in [2.24, 2.45) is 0 Å². The number of thiophene rings is 1. The zero-order chi connectivity index (χ0) is 8.55. The van der Waals surface area contributed by atoms with Crippen molar-refractivity contribution in [3.05, 3.63) is 29.8 Å². The van der Waals surface area contributed by atoms with Gasteiger partial charge in [0, 0.05) is 10.3 Å². The summed E-state index contributed by atoms with van der Waals surface area (Å²) >= 11 is 1.23. The molecule has 1 aromatic carbocycles. The SMILES string of the molecule is O=Cc1cccc2cc(O)sc12. The molecule has 1 aromatic heterocycles. The Morgan fingerprint density at radius 2 is 2.25 bits per heavy atom. The molecule has 1 N–H and O–H groups in total. The van der Waals surface area contributed by atoms with Gasteiger partial charge in [0.1, 0.15) is 0 Å². The molecule has 0 unspecified atom stereocenters. The standard InChI is InChI=1S/C9H6O2S/c10-5-7-3-1-2-6-4-8(11)12-9(6)7/h1-5,11H. The minimum atomic E-state index is 0.249. The van der Waals surface area contributed by atoms with Crippen LogP contribution in [-0.4, -0.2) is 11.4 Å². The maximum Gasteiger partial charge on any atom is 0.172 e. The first-order valence-electron chi connectivity index (χ1n) is 3.48. The molecule has 0 aliphatic carbocycles. The van der Waals surface area contributed by atoms with Gasteiger partial charge in [-0.15, -0.1) is 0 Å². The summed E-state index contributed by atoms with van der Waals surface area (Å²) in [5.41, 5.74) is 0.637. The summed E-state index contributed by atoms with van der Waals surface area (Å²) < 4.78 is 0.852. The maximum atomic E-state index is 10.6. The fraction of sp³-hybridized carbons (Fsp3) is 0. The third kappa shape index (κ3) is 0.987. The molecule has 0 fully saturated rings. The molecule has 0 spiro atoms. The lowest BCUT2D eigenvalue weighted by molar-refractivity contribution is 0.112. The zero-order valence-electron chi connectivity index (χ0n) is 6.15. The molecule has 0 saturated heterocycles. The fourth-order valence-corrected chi connectivity index (χ4v) is 2.04. The summed E-state index contributed by atoms with van der Waals surface area (Å²) in [5.74, 6) is 0. The summed E-state index contributed by atoms with van der Waals surface area (Å²) in [7, 11) is 0. The quantitative estimate of drug-likeness (QED) is 0.681. The Morgan fingerprint density at radius 3 is 3.00 bits per heavy atom. The minimum absolute atomic E-state index is 0.249. The molecule has 1 heterocycles. The van der Waals surface area contributed by atoms with Gasteiger partial charge in [0.15, 0.2) is 11.3 Å². The number of carbonyl (C=O) groups excluding carboxylic acids is 1. The normalized spacial score (nSPS) is 10.3. The van der Waals surface area contributed by atoms with Crippen molar-refractivity contribution in [2.75, 3.05) is 0 Å². The van der Waals surface area contributed by atoms with Gasteiger partial charge in [-0.1, -0.05) is 29.5 Å². The lowest BCUT2D eigenvalue weighted by Crippen LogP contribution is -1.76. The van der Waals surface area contributed by atoms with Crippen LogP contribution in [0.5, 0.6) is 5.06 Å². The molecule has 60 valence electrons. The molecular weight excluding hydrogens is 172 g/mol. The highest BCUT2D eigenvalue weighted by atomic mass is 32.1. The van der Waals surface area contributed by atoms with E-state index in [9.17, 15) is 9.90 Å². The lowest BCUT2D eigenvalue weighted by Gasteiger charge is -1.90. The molecule has 0 aliphatic rings. The van der Waals surface area contributed by atoms with Crippen LogP contribution < -0.4 is 0 Å². The Hall–Kier alpha value is -1.35. The van der Waals surface area contributed by atoms with Crippen LogP contribution in [0.2, 0.25) is 0 Å². The average Bonchev–Trinajstić information content (AvgIpc) is 2.44. The summed E-state index contributed by atoms with van der Waals surface area (Å²) in [5, 5.41) is 10.3. The molecule has 2 rings (SSSR count). The molecule has 2 nitrogen and oxygen atoms in total. The Balaban J connectivity index is 2.86. The zero-order valence-corrected chi connectivity index (χ0v) is 6.97. The number of hydrogen-bond acceptors (Lipinski definition) is 3. The number of carbonyl (C=O) groups is 1. The first kappa shape index (κ1) is 7.31. The Labute approximate surface area is 73.1 Å². The second-order valence-electron chi connectivity index (χ2n) is 2.47. The molecule has 0 bridgehead atoms. The number of aldehydes is 1. The van der Waals surface area contributed by atoms with E-state index in [0.29, 0.717) is 5.56 Å². The van der Waals surface area contributed by atoms with Crippen LogP contribution in [-0.2, 0) is 0 Å². The van der Waals surface area contributed by atoms with E-state index < -0.39 is 0 Å². The van der Waals surface area contributed by atoms with Crippen LogP contribution in [0.4, 0.5) is 0 Å². The average molecular weight is 178 g/mol. The number of benzene rings is 1. The maximum absolute atomic E-state index is 10.6. The fourth-order valence-electron chi connectivity index (χ4n) is 1.16. The van der Waals surface area contributed by atoms with Crippen LogP contribution in [0.15, 0.2) is 24.3 Å². The number of aromatic hydroxyl groups is 1. The van der Waals surface area contributed by atoms with Crippen LogP contribution in [0, 0.1) is 0 Å². The predicted octanol–water partition coefficient (Wildman–Crippen LogP) is 2.42. The van der Waals surface area contributed by atoms with Gasteiger partial charge in [-0.2, -0.15) is 0 Å². The highest BCUT2D eigenvalue weighted by Gasteiger charge is 2.03. The topological polar surface area (TPSA) is 37.3 Å². The summed E-state index contributed by atoms with van der Waals surface area (Å²) in [6.45, 7) is 0. The molecule has 3 heteroatoms. The molecule has 12 heavy (non-hydrogen) atoms. The Bertz CT molecular complexity index is 431. The first-order valence-corrected chi connectivity index (χ1v) is 4.29. The van der Waals surface area contributed by atoms with E-state index in [-0.39, 0.29) is 5.06 Å². The van der Waals surface area contributed by atoms with E-state index >= 15 is 0 Å². The van der Waals surface area contributed by atoms with Crippen LogP contribution >= 0.6 is 11.3 Å². The van der Waals surface area contributed by atoms with E-state index in [4.69, 9.17) is 0 Å². The van der Waals surface area contributed by atoms with Crippen molar-refractivity contribution in [1.29, 1.82) is 0 Å². The van der Waals surface area contributed by atoms with Crippen molar-refractivity contribution in [2.45, 2.75) is 0 Å². The van der Waals surface area contributed by atoms with Crippen molar-refractivity contribution >= 4 is 27.7 Å². The van der Waals surface area contributed by atoms with Gasteiger partial charge in [0.05, 0.1) is 0 Å². The second-order valence-corrected chi connectivity index (χ2v) is 3.50. The van der Waals surface area contributed by atoms with Crippen LogP contribution in [0.25, 0.3) is 10.1 Å². The van der Waals surface area contributed by atoms with Crippen molar-refractivity contribution in [3.8, 4) is 5.06 Å². The summed E-state index contributed by atoms with van der Waals surface area (Å²) in [6.07, 6.45) is 0.804. The molecule has 0 amide bonds. The summed E-state index contributed by atoms with van der Waals surface area (Å²) in [4.78, 5) is 10.6. The van der Waals surface area contributed by atoms with E-state index in [1.807, 2.05) is 6.07 Å². The lowest BCUT2D eigenvalue weighted by atomic mass is 10.2. The van der Waals surface area contributed by atoms with Gasteiger partial charge in [-0.3, -0.25) is 4.79 Å². The third-order valence-electron chi connectivity index (χ3n) is 1.69. The van der Waals surface area contributed by atoms with E-state index in [1.165, 1.54) is 11.3 Å². The van der Waals surface area contributed by atoms with E-state index in [1.54, 1.807) is 18.2 Å². The smallest absolute Gasteiger partial charge is 0.172 e. The highest BCUT2D eigenvalue weighted by Crippen LogP contribution is 2.32. The van der Waals surface area contributed by atoms with Crippen molar-refractivity contribution in [1.82, 2.24) is 0 Å².